The molecule has 8 heteroatoms. The Morgan fingerprint density at radius 3 is 2.79 bits per heavy atom. The normalized spacial score (nSPS) is 11.1. The number of nitrogens with zero attached hydrogens (tertiary/aromatic N) is 2. The van der Waals surface area contributed by atoms with E-state index in [0.29, 0.717) is 35.5 Å². The highest BCUT2D eigenvalue weighted by Gasteiger charge is 2.11. The second-order valence-corrected chi connectivity index (χ2v) is 8.62. The molecule has 0 saturated carbocycles. The number of anilines is 3. The highest BCUT2D eigenvalue weighted by molar-refractivity contribution is 7.43. The van der Waals surface area contributed by atoms with Gasteiger partial charge in [-0.05, 0) is 47.6 Å². The molecular weight excluding hydrogens is 391 g/mol. The van der Waals surface area contributed by atoms with Gasteiger partial charge in [0, 0.05) is 30.8 Å². The first kappa shape index (κ1) is 19.9. The van der Waals surface area contributed by atoms with Gasteiger partial charge in [-0.15, -0.1) is 11.3 Å². The number of nitrogen functional groups attached to an aromatic ring is 1. The molecule has 2 aromatic heterocycles. The van der Waals surface area contributed by atoms with Crippen molar-refractivity contribution in [2.75, 3.05) is 35.7 Å². The quantitative estimate of drug-likeness (QED) is 0.445. The van der Waals surface area contributed by atoms with Crippen LogP contribution >= 0.6 is 18.8 Å². The van der Waals surface area contributed by atoms with E-state index in [-0.39, 0.29) is 5.91 Å². The van der Waals surface area contributed by atoms with Gasteiger partial charge in [0.05, 0.1) is 24.4 Å². The maximum atomic E-state index is 12.6. The van der Waals surface area contributed by atoms with Crippen molar-refractivity contribution in [3.05, 3.63) is 59.6 Å². The Labute approximate surface area is 168 Å². The van der Waals surface area contributed by atoms with Crippen molar-refractivity contribution in [2.45, 2.75) is 0 Å². The summed E-state index contributed by atoms with van der Waals surface area (Å²) >= 11 is 1.63. The van der Waals surface area contributed by atoms with E-state index in [4.69, 9.17) is 5.73 Å². The zero-order valence-corrected chi connectivity index (χ0v) is 17.2. The zero-order chi connectivity index (χ0) is 20.1. The zero-order valence-electron chi connectivity index (χ0n) is 15.5. The van der Waals surface area contributed by atoms with Crippen molar-refractivity contribution >= 4 is 48.2 Å². The van der Waals surface area contributed by atoms with Crippen LogP contribution in [0.3, 0.4) is 0 Å². The molecule has 2 heterocycles. The van der Waals surface area contributed by atoms with Crippen LogP contribution in [-0.2, 0) is 4.57 Å². The average Bonchev–Trinajstić information content (AvgIpc) is 3.22. The summed E-state index contributed by atoms with van der Waals surface area (Å²) in [4.78, 5) is 19.9. The van der Waals surface area contributed by atoms with E-state index in [9.17, 15) is 9.36 Å². The predicted octanol–water partition coefficient (Wildman–Crippen LogP) is 4.34. The first-order chi connectivity index (χ1) is 13.4. The number of aromatic nitrogens is 1. The van der Waals surface area contributed by atoms with Crippen LogP contribution in [0.15, 0.2) is 54.0 Å². The number of nitrogens with one attached hydrogen (secondary N) is 1. The van der Waals surface area contributed by atoms with E-state index < -0.39 is 7.42 Å². The molecular formula is C20H21N4O2PS. The predicted molar refractivity (Wildman–Crippen MR) is 119 cm³/mol. The van der Waals surface area contributed by atoms with Gasteiger partial charge in [0.15, 0.2) is 0 Å². The van der Waals surface area contributed by atoms with Gasteiger partial charge in [-0.2, -0.15) is 0 Å². The van der Waals surface area contributed by atoms with E-state index in [1.807, 2.05) is 41.6 Å². The fourth-order valence-electron chi connectivity index (χ4n) is 2.58. The molecule has 1 atom stereocenters. The minimum atomic E-state index is -1.43. The lowest BCUT2D eigenvalue weighted by molar-refractivity contribution is 0.102. The molecule has 0 fully saturated rings. The molecule has 3 rings (SSSR count). The van der Waals surface area contributed by atoms with Gasteiger partial charge in [0.25, 0.3) is 5.91 Å². The third-order valence-corrected chi connectivity index (χ3v) is 5.81. The van der Waals surface area contributed by atoms with E-state index in [0.717, 1.165) is 10.4 Å². The average molecular weight is 412 g/mol. The van der Waals surface area contributed by atoms with Gasteiger partial charge in [0.2, 0.25) is 0 Å². The van der Waals surface area contributed by atoms with Gasteiger partial charge in [-0.3, -0.25) is 9.36 Å². The summed E-state index contributed by atoms with van der Waals surface area (Å²) in [7, 11) is 0.426. The maximum Gasteiger partial charge on any atom is 0.257 e. The van der Waals surface area contributed by atoms with Gasteiger partial charge in [-0.1, -0.05) is 12.1 Å². The van der Waals surface area contributed by atoms with Crippen LogP contribution in [0.2, 0.25) is 0 Å². The molecule has 1 amide bonds. The van der Waals surface area contributed by atoms with Crippen LogP contribution in [0.4, 0.5) is 17.2 Å². The second-order valence-electron chi connectivity index (χ2n) is 6.27. The molecule has 0 radical (unpaired) electrons. The molecule has 28 heavy (non-hydrogen) atoms. The summed E-state index contributed by atoms with van der Waals surface area (Å²) in [5, 5.41) is 4.86. The maximum absolute atomic E-state index is 12.6. The van der Waals surface area contributed by atoms with Crippen molar-refractivity contribution in [3.63, 3.8) is 0 Å². The first-order valence-electron chi connectivity index (χ1n) is 8.61. The van der Waals surface area contributed by atoms with Crippen molar-refractivity contribution in [1.82, 2.24) is 4.98 Å². The van der Waals surface area contributed by atoms with Gasteiger partial charge in [-0.25, -0.2) is 4.98 Å². The lowest BCUT2D eigenvalue weighted by atomic mass is 10.1. The van der Waals surface area contributed by atoms with Crippen LogP contribution in [0.1, 0.15) is 10.4 Å². The Morgan fingerprint density at radius 1 is 1.32 bits per heavy atom. The minimum absolute atomic E-state index is 0.280. The Hall–Kier alpha value is -2.89. The first-order valence-corrected chi connectivity index (χ1v) is 11.1. The van der Waals surface area contributed by atoms with E-state index >= 15 is 0 Å². The number of thiophene rings is 1. The summed E-state index contributed by atoms with van der Waals surface area (Å²) in [5.74, 6) is 0.421. The Bertz CT molecular complexity index is 1020. The summed E-state index contributed by atoms with van der Waals surface area (Å²) in [6.45, 7) is 0.587. The molecule has 1 aromatic carbocycles. The smallest absolute Gasteiger partial charge is 0.257 e. The number of pyridine rings is 1. The summed E-state index contributed by atoms with van der Waals surface area (Å²) < 4.78 is 11.2. The van der Waals surface area contributed by atoms with Crippen LogP contribution in [0.5, 0.6) is 0 Å². The molecule has 0 bridgehead atoms. The number of carbonyl (C=O) groups excluding carboxylic acids is 1. The number of amides is 1. The fraction of sp³-hybridized carbons (Fsp3) is 0.150. The van der Waals surface area contributed by atoms with Gasteiger partial charge >= 0.3 is 0 Å². The Balaban J connectivity index is 1.72. The fourth-order valence-corrected chi connectivity index (χ4v) is 3.82. The van der Waals surface area contributed by atoms with Crippen LogP contribution in [-0.4, -0.2) is 36.9 Å². The molecule has 1 unspecified atom stereocenters. The van der Waals surface area contributed by atoms with Crippen LogP contribution in [0, 0.1) is 0 Å². The van der Waals surface area contributed by atoms with E-state index in [1.54, 1.807) is 29.5 Å². The number of carbonyl (C=O) groups is 1. The highest BCUT2D eigenvalue weighted by atomic mass is 32.1. The van der Waals surface area contributed by atoms with Crippen molar-refractivity contribution in [2.24, 2.45) is 0 Å². The van der Waals surface area contributed by atoms with Crippen LogP contribution in [0.25, 0.3) is 10.4 Å². The molecule has 0 aliphatic rings. The van der Waals surface area contributed by atoms with E-state index in [1.165, 1.54) is 6.20 Å². The summed E-state index contributed by atoms with van der Waals surface area (Å²) in [5.41, 5.74) is 8.52. The second kappa shape index (κ2) is 8.87. The van der Waals surface area contributed by atoms with Crippen molar-refractivity contribution in [3.8, 4) is 10.4 Å². The third kappa shape index (κ3) is 4.88. The monoisotopic (exact) mass is 412 g/mol. The van der Waals surface area contributed by atoms with Crippen LogP contribution < -0.4 is 16.0 Å². The number of hydrogen-bond acceptors (Lipinski definition) is 6. The molecule has 3 N–H and O–H groups in total. The summed E-state index contributed by atoms with van der Waals surface area (Å²) in [6.07, 6.45) is 5.52. The molecule has 3 aromatic rings. The molecule has 6 nitrogen and oxygen atoms in total. The van der Waals surface area contributed by atoms with Crippen molar-refractivity contribution < 1.29 is 9.36 Å². The Morgan fingerprint density at radius 2 is 2.14 bits per heavy atom. The highest BCUT2D eigenvalue weighted by Crippen LogP contribution is 2.30. The molecule has 0 saturated heterocycles. The lowest BCUT2D eigenvalue weighted by Gasteiger charge is -2.17. The van der Waals surface area contributed by atoms with Gasteiger partial charge < -0.3 is 16.0 Å². The van der Waals surface area contributed by atoms with E-state index in [2.05, 4.69) is 16.6 Å². The van der Waals surface area contributed by atoms with Crippen molar-refractivity contribution in [1.29, 1.82) is 0 Å². The Kier molecular flexibility index (Phi) is 6.29. The molecule has 0 aliphatic carbocycles. The number of hydrogen-bond donors (Lipinski definition) is 2. The standard InChI is InChI=1S/C20H21N4O2PS/c1-24(9-10-27(2)26)19-8-6-15(13-22-19)20(25)23-17-12-14(5-7-16(17)21)18-4-3-11-28-18/h3-8,11-13H,2,9-10,21H2,1H3,(H,23,25). The minimum Gasteiger partial charge on any atom is -0.397 e. The number of nitrogens with two attached hydrogens (primary N) is 1. The summed E-state index contributed by atoms with van der Waals surface area (Å²) in [6, 6.07) is 13.1. The molecule has 0 aliphatic heterocycles. The molecule has 144 valence electrons. The van der Waals surface area contributed by atoms with Gasteiger partial charge in [0.1, 0.15) is 5.82 Å². The number of benzene rings is 1. The third-order valence-electron chi connectivity index (χ3n) is 4.19. The number of rotatable bonds is 7. The lowest BCUT2D eigenvalue weighted by Crippen LogP contribution is -2.21. The molecule has 0 spiro atoms. The largest absolute Gasteiger partial charge is 0.397 e. The topological polar surface area (TPSA) is 88.3 Å². The SMILES string of the molecule is C=P(=O)CCN(C)c1ccc(C(=O)Nc2cc(-c3cccs3)ccc2N)cn1.